The van der Waals surface area contributed by atoms with E-state index in [0.29, 0.717) is 19.8 Å². The number of hydrogen-bond acceptors (Lipinski definition) is 5. The highest BCUT2D eigenvalue weighted by molar-refractivity contribution is 5.75. The summed E-state index contributed by atoms with van der Waals surface area (Å²) in [5.41, 5.74) is 0. The average molecular weight is 275 g/mol. The average Bonchev–Trinajstić information content (AvgIpc) is 2.40. The standard InChI is InChI=1S/C14H29NO4/c1-5-8-13(14(16)19-6-2)15(10-12-18-4)9-7-11-17-3/h13H,5-12H2,1-4H3. The van der Waals surface area contributed by atoms with Crippen LogP contribution >= 0.6 is 0 Å². The first-order chi connectivity index (χ1) is 9.21. The molecule has 1 unspecified atom stereocenters. The SMILES string of the molecule is CCCC(C(=O)OCC)N(CCCOC)CCOC. The first-order valence-corrected chi connectivity index (χ1v) is 7.09. The zero-order valence-electron chi connectivity index (χ0n) is 12.8. The number of ether oxygens (including phenoxy) is 3. The Morgan fingerprint density at radius 2 is 1.79 bits per heavy atom. The molecule has 0 saturated carbocycles. The molecular formula is C14H29NO4. The number of rotatable bonds is 12. The third kappa shape index (κ3) is 8.18. The maximum Gasteiger partial charge on any atom is 0.323 e. The van der Waals surface area contributed by atoms with Crippen molar-refractivity contribution in [1.29, 1.82) is 0 Å². The van der Waals surface area contributed by atoms with Crippen LogP contribution in [0.2, 0.25) is 0 Å². The molecule has 1 atom stereocenters. The first kappa shape index (κ1) is 18.4. The molecule has 0 aliphatic rings. The van der Waals surface area contributed by atoms with Crippen molar-refractivity contribution in [3.63, 3.8) is 0 Å². The van der Waals surface area contributed by atoms with Crippen LogP contribution in [-0.4, -0.2) is 64.0 Å². The second-order valence-electron chi connectivity index (χ2n) is 4.43. The van der Waals surface area contributed by atoms with Gasteiger partial charge in [0.15, 0.2) is 0 Å². The van der Waals surface area contributed by atoms with E-state index in [2.05, 4.69) is 11.8 Å². The van der Waals surface area contributed by atoms with Crippen LogP contribution < -0.4 is 0 Å². The van der Waals surface area contributed by atoms with E-state index in [-0.39, 0.29) is 12.0 Å². The minimum Gasteiger partial charge on any atom is -0.465 e. The van der Waals surface area contributed by atoms with E-state index in [1.54, 1.807) is 14.2 Å². The molecule has 0 rings (SSSR count). The van der Waals surface area contributed by atoms with Gasteiger partial charge in [-0.25, -0.2) is 0 Å². The summed E-state index contributed by atoms with van der Waals surface area (Å²) in [5, 5.41) is 0. The van der Waals surface area contributed by atoms with Crippen molar-refractivity contribution in [3.05, 3.63) is 0 Å². The summed E-state index contributed by atoms with van der Waals surface area (Å²) >= 11 is 0. The molecule has 0 heterocycles. The smallest absolute Gasteiger partial charge is 0.323 e. The quantitative estimate of drug-likeness (QED) is 0.401. The van der Waals surface area contributed by atoms with Gasteiger partial charge in [0.05, 0.1) is 13.2 Å². The van der Waals surface area contributed by atoms with E-state index in [1.165, 1.54) is 0 Å². The summed E-state index contributed by atoms with van der Waals surface area (Å²) in [4.78, 5) is 14.2. The van der Waals surface area contributed by atoms with Crippen LogP contribution in [-0.2, 0) is 19.0 Å². The highest BCUT2D eigenvalue weighted by Gasteiger charge is 2.25. The number of carbonyl (C=O) groups is 1. The van der Waals surface area contributed by atoms with Crippen LogP contribution in [0.1, 0.15) is 33.1 Å². The van der Waals surface area contributed by atoms with Gasteiger partial charge < -0.3 is 14.2 Å². The van der Waals surface area contributed by atoms with Crippen LogP contribution in [0.3, 0.4) is 0 Å². The summed E-state index contributed by atoms with van der Waals surface area (Å²) in [6.45, 7) is 7.22. The Labute approximate surface area is 117 Å². The lowest BCUT2D eigenvalue weighted by molar-refractivity contribution is -0.150. The fourth-order valence-electron chi connectivity index (χ4n) is 2.01. The second kappa shape index (κ2) is 12.4. The van der Waals surface area contributed by atoms with Crippen LogP contribution in [0.4, 0.5) is 0 Å². The molecule has 0 aromatic heterocycles. The molecule has 0 radical (unpaired) electrons. The summed E-state index contributed by atoms with van der Waals surface area (Å²) < 4.78 is 15.4. The van der Waals surface area contributed by atoms with Crippen molar-refractivity contribution >= 4 is 5.97 Å². The summed E-state index contributed by atoms with van der Waals surface area (Å²) in [6, 6.07) is -0.169. The van der Waals surface area contributed by atoms with Gasteiger partial charge in [-0.2, -0.15) is 0 Å². The monoisotopic (exact) mass is 275 g/mol. The molecule has 19 heavy (non-hydrogen) atoms. The lowest BCUT2D eigenvalue weighted by Gasteiger charge is -2.29. The number of esters is 1. The normalized spacial score (nSPS) is 12.7. The second-order valence-corrected chi connectivity index (χ2v) is 4.43. The molecule has 5 nitrogen and oxygen atoms in total. The number of hydrogen-bond donors (Lipinski definition) is 0. The largest absolute Gasteiger partial charge is 0.465 e. The maximum atomic E-state index is 12.0. The fraction of sp³-hybridized carbons (Fsp3) is 0.929. The zero-order chi connectivity index (χ0) is 14.5. The molecule has 0 aromatic rings. The zero-order valence-corrected chi connectivity index (χ0v) is 12.8. The highest BCUT2D eigenvalue weighted by atomic mass is 16.5. The molecule has 0 fully saturated rings. The highest BCUT2D eigenvalue weighted by Crippen LogP contribution is 2.10. The Morgan fingerprint density at radius 1 is 1.11 bits per heavy atom. The van der Waals surface area contributed by atoms with Crippen LogP contribution in [0.25, 0.3) is 0 Å². The van der Waals surface area contributed by atoms with Gasteiger partial charge in [0.1, 0.15) is 6.04 Å². The minimum absolute atomic E-state index is 0.127. The lowest BCUT2D eigenvalue weighted by atomic mass is 10.1. The lowest BCUT2D eigenvalue weighted by Crippen LogP contribution is -2.44. The molecule has 0 aromatic carbocycles. The molecule has 114 valence electrons. The number of methoxy groups -OCH3 is 2. The fourth-order valence-corrected chi connectivity index (χ4v) is 2.01. The molecule has 5 heteroatoms. The molecule has 0 bridgehead atoms. The van der Waals surface area contributed by atoms with Gasteiger partial charge in [-0.15, -0.1) is 0 Å². The van der Waals surface area contributed by atoms with E-state index in [0.717, 1.165) is 32.4 Å². The molecule has 0 spiro atoms. The van der Waals surface area contributed by atoms with Gasteiger partial charge in [-0.3, -0.25) is 9.69 Å². The summed E-state index contributed by atoms with van der Waals surface area (Å²) in [6.07, 6.45) is 2.67. The van der Waals surface area contributed by atoms with Gasteiger partial charge in [0.2, 0.25) is 0 Å². The Bertz CT molecular complexity index is 223. The Morgan fingerprint density at radius 3 is 2.32 bits per heavy atom. The Balaban J connectivity index is 4.54. The van der Waals surface area contributed by atoms with Gasteiger partial charge >= 0.3 is 5.97 Å². The molecule has 0 saturated heterocycles. The van der Waals surface area contributed by atoms with Gasteiger partial charge in [0.25, 0.3) is 0 Å². The van der Waals surface area contributed by atoms with E-state index in [9.17, 15) is 4.79 Å². The van der Waals surface area contributed by atoms with Crippen molar-refractivity contribution in [1.82, 2.24) is 4.90 Å². The Hall–Kier alpha value is -0.650. The van der Waals surface area contributed by atoms with Gasteiger partial charge in [-0.05, 0) is 19.8 Å². The van der Waals surface area contributed by atoms with Crippen molar-refractivity contribution in [2.45, 2.75) is 39.2 Å². The molecule has 0 amide bonds. The predicted molar refractivity (Wildman–Crippen MR) is 75.3 cm³/mol. The van der Waals surface area contributed by atoms with E-state index < -0.39 is 0 Å². The molecular weight excluding hydrogens is 246 g/mol. The minimum atomic E-state index is -0.169. The molecule has 0 N–H and O–H groups in total. The Kier molecular flexibility index (Phi) is 12.0. The molecule has 0 aliphatic carbocycles. The van der Waals surface area contributed by atoms with Crippen molar-refractivity contribution < 1.29 is 19.0 Å². The van der Waals surface area contributed by atoms with E-state index in [1.807, 2.05) is 6.92 Å². The van der Waals surface area contributed by atoms with Crippen LogP contribution in [0.5, 0.6) is 0 Å². The molecule has 0 aliphatic heterocycles. The van der Waals surface area contributed by atoms with Crippen LogP contribution in [0.15, 0.2) is 0 Å². The summed E-state index contributed by atoms with van der Waals surface area (Å²) in [7, 11) is 3.36. The third-order valence-corrected chi connectivity index (χ3v) is 2.94. The number of carbonyl (C=O) groups excluding carboxylic acids is 1. The third-order valence-electron chi connectivity index (χ3n) is 2.94. The number of nitrogens with zero attached hydrogens (tertiary/aromatic N) is 1. The van der Waals surface area contributed by atoms with Gasteiger partial charge in [0, 0.05) is 33.9 Å². The van der Waals surface area contributed by atoms with Gasteiger partial charge in [-0.1, -0.05) is 13.3 Å². The van der Waals surface area contributed by atoms with Crippen molar-refractivity contribution in [3.8, 4) is 0 Å². The van der Waals surface area contributed by atoms with E-state index >= 15 is 0 Å². The topological polar surface area (TPSA) is 48.0 Å². The predicted octanol–water partition coefficient (Wildman–Crippen LogP) is 1.70. The van der Waals surface area contributed by atoms with Crippen molar-refractivity contribution in [2.24, 2.45) is 0 Å². The van der Waals surface area contributed by atoms with Crippen LogP contribution in [0, 0.1) is 0 Å². The first-order valence-electron chi connectivity index (χ1n) is 7.09. The maximum absolute atomic E-state index is 12.0. The van der Waals surface area contributed by atoms with E-state index in [4.69, 9.17) is 14.2 Å². The summed E-state index contributed by atoms with van der Waals surface area (Å²) in [5.74, 6) is -0.127. The van der Waals surface area contributed by atoms with Crippen molar-refractivity contribution in [2.75, 3.05) is 47.1 Å².